The topological polar surface area (TPSA) is 41.3 Å². The summed E-state index contributed by atoms with van der Waals surface area (Å²) in [5, 5.41) is 10.9. The number of imidazole rings is 1. The molecule has 2 aromatic rings. The second-order valence-electron chi connectivity index (χ2n) is 5.04. The quantitative estimate of drug-likeness (QED) is 0.925. The molecule has 0 bridgehead atoms. The van der Waals surface area contributed by atoms with Gasteiger partial charge in [-0.3, -0.25) is 4.90 Å². The van der Waals surface area contributed by atoms with Crippen molar-refractivity contribution in [2.45, 2.75) is 26.1 Å². The van der Waals surface area contributed by atoms with Crippen LogP contribution in [0.15, 0.2) is 24.7 Å². The first-order valence-corrected chi connectivity index (χ1v) is 7.27. The molecule has 6 heteroatoms. The molecule has 106 valence electrons. The number of aromatic hydroxyl groups is 1. The van der Waals surface area contributed by atoms with E-state index in [1.807, 2.05) is 12.5 Å². The van der Waals surface area contributed by atoms with Crippen molar-refractivity contribution in [2.24, 2.45) is 0 Å². The van der Waals surface area contributed by atoms with E-state index in [4.69, 9.17) is 23.2 Å². The Kier molecular flexibility index (Phi) is 3.87. The molecule has 1 aliphatic heterocycles. The molecule has 0 aliphatic carbocycles. The Labute approximate surface area is 127 Å². The van der Waals surface area contributed by atoms with E-state index in [1.165, 1.54) is 5.69 Å². The highest BCUT2D eigenvalue weighted by atomic mass is 35.5. The molecule has 1 aromatic carbocycles. The van der Waals surface area contributed by atoms with Crippen LogP contribution in [0.2, 0.25) is 10.0 Å². The lowest BCUT2D eigenvalue weighted by Gasteiger charge is -2.20. The van der Waals surface area contributed by atoms with Crippen molar-refractivity contribution < 1.29 is 5.11 Å². The van der Waals surface area contributed by atoms with E-state index in [9.17, 15) is 5.11 Å². The zero-order valence-corrected chi connectivity index (χ0v) is 12.4. The van der Waals surface area contributed by atoms with Crippen molar-refractivity contribution >= 4 is 23.2 Å². The van der Waals surface area contributed by atoms with Gasteiger partial charge in [-0.05, 0) is 18.6 Å². The number of hydrogen-bond acceptors (Lipinski definition) is 3. The van der Waals surface area contributed by atoms with Crippen LogP contribution >= 0.6 is 23.2 Å². The minimum atomic E-state index is 0.119. The lowest BCUT2D eigenvalue weighted by molar-refractivity contribution is 0.257. The molecule has 0 atom stereocenters. The zero-order valence-electron chi connectivity index (χ0n) is 10.9. The summed E-state index contributed by atoms with van der Waals surface area (Å²) in [5.74, 6) is 0.119. The van der Waals surface area contributed by atoms with Gasteiger partial charge < -0.3 is 9.67 Å². The molecule has 1 aliphatic rings. The number of hydrogen-bond donors (Lipinski definition) is 1. The average Bonchev–Trinajstić information content (AvgIpc) is 2.74. The maximum atomic E-state index is 10.0. The molecular formula is C14H15Cl2N3O. The standard InChI is InChI=1S/C14H15Cl2N3O/c15-11-4-10(14(20)13(16)5-11)7-18-2-1-3-19-9-17-6-12(19)8-18/h4-6,9,20H,1-3,7-8H2. The summed E-state index contributed by atoms with van der Waals surface area (Å²) in [4.78, 5) is 6.44. The van der Waals surface area contributed by atoms with E-state index < -0.39 is 0 Å². The van der Waals surface area contributed by atoms with Crippen LogP contribution in [0.5, 0.6) is 5.75 Å². The summed E-state index contributed by atoms with van der Waals surface area (Å²) in [6.07, 6.45) is 4.81. The highest BCUT2D eigenvalue weighted by Crippen LogP contribution is 2.32. The van der Waals surface area contributed by atoms with Crippen LogP contribution in [0.25, 0.3) is 0 Å². The van der Waals surface area contributed by atoms with Gasteiger partial charge in [0.15, 0.2) is 0 Å². The van der Waals surface area contributed by atoms with Crippen molar-refractivity contribution in [3.8, 4) is 5.75 Å². The molecule has 4 nitrogen and oxygen atoms in total. The van der Waals surface area contributed by atoms with Gasteiger partial charge in [0.25, 0.3) is 0 Å². The van der Waals surface area contributed by atoms with Gasteiger partial charge in [-0.1, -0.05) is 23.2 Å². The van der Waals surface area contributed by atoms with Gasteiger partial charge in [-0.2, -0.15) is 0 Å². The van der Waals surface area contributed by atoms with Crippen molar-refractivity contribution in [3.05, 3.63) is 46.0 Å². The lowest BCUT2D eigenvalue weighted by atomic mass is 10.2. The van der Waals surface area contributed by atoms with Gasteiger partial charge in [0.1, 0.15) is 5.75 Å². The smallest absolute Gasteiger partial charge is 0.138 e. The molecule has 3 rings (SSSR count). The molecule has 1 N–H and O–H groups in total. The van der Waals surface area contributed by atoms with E-state index in [0.29, 0.717) is 16.6 Å². The van der Waals surface area contributed by atoms with E-state index >= 15 is 0 Å². The Morgan fingerprint density at radius 3 is 2.95 bits per heavy atom. The van der Waals surface area contributed by atoms with Gasteiger partial charge >= 0.3 is 0 Å². The fraction of sp³-hybridized carbons (Fsp3) is 0.357. The Hall–Kier alpha value is -1.23. The van der Waals surface area contributed by atoms with Crippen LogP contribution in [0.4, 0.5) is 0 Å². The van der Waals surface area contributed by atoms with E-state index in [0.717, 1.165) is 31.6 Å². The largest absolute Gasteiger partial charge is 0.506 e. The Balaban J connectivity index is 1.81. The molecule has 0 saturated heterocycles. The highest BCUT2D eigenvalue weighted by Gasteiger charge is 2.17. The highest BCUT2D eigenvalue weighted by molar-refractivity contribution is 6.35. The SMILES string of the molecule is Oc1c(Cl)cc(Cl)cc1CN1CCCn2cncc2C1. The third-order valence-electron chi connectivity index (χ3n) is 3.56. The number of benzene rings is 1. The predicted molar refractivity (Wildman–Crippen MR) is 79.1 cm³/mol. The van der Waals surface area contributed by atoms with Crippen molar-refractivity contribution in [2.75, 3.05) is 6.54 Å². The number of aryl methyl sites for hydroxylation is 1. The number of aromatic nitrogens is 2. The number of halogens is 2. The molecule has 0 unspecified atom stereocenters. The first kappa shape index (κ1) is 13.7. The van der Waals surface area contributed by atoms with Gasteiger partial charge in [-0.15, -0.1) is 0 Å². The Morgan fingerprint density at radius 2 is 2.10 bits per heavy atom. The molecule has 0 spiro atoms. The lowest BCUT2D eigenvalue weighted by Crippen LogP contribution is -2.22. The number of fused-ring (bicyclic) bond motifs is 1. The maximum absolute atomic E-state index is 10.0. The van der Waals surface area contributed by atoms with Crippen LogP contribution in [0, 0.1) is 0 Å². The molecule has 20 heavy (non-hydrogen) atoms. The Bertz CT molecular complexity index is 627. The summed E-state index contributed by atoms with van der Waals surface area (Å²) < 4.78 is 2.17. The van der Waals surface area contributed by atoms with Crippen LogP contribution in [0.1, 0.15) is 17.7 Å². The maximum Gasteiger partial charge on any atom is 0.138 e. The fourth-order valence-electron chi connectivity index (χ4n) is 2.57. The number of rotatable bonds is 2. The molecule has 2 heterocycles. The van der Waals surface area contributed by atoms with Gasteiger partial charge in [0.05, 0.1) is 17.0 Å². The van der Waals surface area contributed by atoms with E-state index in [2.05, 4.69) is 14.5 Å². The minimum absolute atomic E-state index is 0.119. The van der Waals surface area contributed by atoms with Crippen LogP contribution in [-0.2, 0) is 19.6 Å². The van der Waals surface area contributed by atoms with Crippen LogP contribution in [-0.4, -0.2) is 26.1 Å². The zero-order chi connectivity index (χ0) is 14.1. The van der Waals surface area contributed by atoms with E-state index in [-0.39, 0.29) is 5.75 Å². The number of phenolic OH excluding ortho intramolecular Hbond substituents is 1. The fourth-order valence-corrected chi connectivity index (χ4v) is 3.11. The van der Waals surface area contributed by atoms with Crippen LogP contribution < -0.4 is 0 Å². The van der Waals surface area contributed by atoms with Crippen molar-refractivity contribution in [1.29, 1.82) is 0 Å². The summed E-state index contributed by atoms with van der Waals surface area (Å²) in [5.41, 5.74) is 1.95. The summed E-state index contributed by atoms with van der Waals surface area (Å²) in [7, 11) is 0. The molecule has 0 radical (unpaired) electrons. The summed E-state index contributed by atoms with van der Waals surface area (Å²) in [6.45, 7) is 3.38. The van der Waals surface area contributed by atoms with Gasteiger partial charge in [-0.25, -0.2) is 4.98 Å². The van der Waals surface area contributed by atoms with E-state index in [1.54, 1.807) is 12.1 Å². The summed E-state index contributed by atoms with van der Waals surface area (Å²) in [6, 6.07) is 3.32. The van der Waals surface area contributed by atoms with Gasteiger partial charge in [0.2, 0.25) is 0 Å². The van der Waals surface area contributed by atoms with Crippen LogP contribution in [0.3, 0.4) is 0 Å². The monoisotopic (exact) mass is 311 g/mol. The average molecular weight is 312 g/mol. The predicted octanol–water partition coefficient (Wildman–Crippen LogP) is 3.30. The molecule has 0 amide bonds. The molecule has 0 saturated carbocycles. The van der Waals surface area contributed by atoms with Crippen molar-refractivity contribution in [1.82, 2.24) is 14.5 Å². The second-order valence-corrected chi connectivity index (χ2v) is 5.88. The Morgan fingerprint density at radius 1 is 1.25 bits per heavy atom. The first-order chi connectivity index (χ1) is 9.63. The third kappa shape index (κ3) is 2.77. The minimum Gasteiger partial charge on any atom is -0.506 e. The molecular weight excluding hydrogens is 297 g/mol. The number of phenols is 1. The normalized spacial score (nSPS) is 15.9. The second kappa shape index (κ2) is 5.64. The van der Waals surface area contributed by atoms with Gasteiger partial charge in [0, 0.05) is 43.0 Å². The first-order valence-electron chi connectivity index (χ1n) is 6.52. The van der Waals surface area contributed by atoms with Crippen molar-refractivity contribution in [3.63, 3.8) is 0 Å². The summed E-state index contributed by atoms with van der Waals surface area (Å²) >= 11 is 12.0. The molecule has 0 fully saturated rings. The molecule has 1 aromatic heterocycles. The third-order valence-corrected chi connectivity index (χ3v) is 4.06. The number of nitrogens with zero attached hydrogens (tertiary/aromatic N) is 3.